The van der Waals surface area contributed by atoms with Crippen molar-refractivity contribution in [2.75, 3.05) is 7.11 Å². The number of rotatable bonds is 4. The molecule has 0 N–H and O–H groups in total. The van der Waals surface area contributed by atoms with Crippen molar-refractivity contribution in [3.63, 3.8) is 0 Å². The molecule has 0 atom stereocenters. The Hall–Kier alpha value is -2.34. The van der Waals surface area contributed by atoms with E-state index in [1.807, 2.05) is 0 Å². The monoisotopic (exact) mass is 306 g/mol. The van der Waals surface area contributed by atoms with Crippen molar-refractivity contribution < 1.29 is 22.1 Å². The minimum atomic E-state index is -4.02. The third-order valence-electron chi connectivity index (χ3n) is 2.83. The summed E-state index contributed by atoms with van der Waals surface area (Å²) in [6.07, 6.45) is 0. The van der Waals surface area contributed by atoms with E-state index in [2.05, 4.69) is 4.74 Å². The van der Waals surface area contributed by atoms with E-state index in [0.717, 1.165) is 0 Å². The van der Waals surface area contributed by atoms with Gasteiger partial charge in [-0.05, 0) is 36.8 Å². The van der Waals surface area contributed by atoms with E-state index in [1.165, 1.54) is 37.4 Å². The minimum absolute atomic E-state index is 0.0609. The highest BCUT2D eigenvalue weighted by Crippen LogP contribution is 2.22. The van der Waals surface area contributed by atoms with Gasteiger partial charge in [-0.1, -0.05) is 24.3 Å². The molecule has 5 nitrogen and oxygen atoms in total. The van der Waals surface area contributed by atoms with Crippen molar-refractivity contribution in [2.45, 2.75) is 11.8 Å². The van der Waals surface area contributed by atoms with Crippen LogP contribution in [0.2, 0.25) is 0 Å². The quantitative estimate of drug-likeness (QED) is 0.641. The Labute approximate surface area is 123 Å². The third-order valence-corrected chi connectivity index (χ3v) is 4.22. The van der Waals surface area contributed by atoms with E-state index < -0.39 is 16.1 Å². The number of carbonyl (C=O) groups excluding carboxylic acids is 1. The van der Waals surface area contributed by atoms with Crippen molar-refractivity contribution in [1.82, 2.24) is 0 Å². The standard InChI is InChI=1S/C15H14O5S/c1-11-8-9-12(15(16)19-2)10-14(11)21(17,18)20-13-6-4-3-5-7-13/h3-10H,1-2H3. The Bertz CT molecular complexity index is 751. The van der Waals surface area contributed by atoms with Crippen LogP contribution in [0.1, 0.15) is 15.9 Å². The van der Waals surface area contributed by atoms with Crippen LogP contribution in [0.25, 0.3) is 0 Å². The molecule has 0 spiro atoms. The number of hydrogen-bond acceptors (Lipinski definition) is 5. The summed E-state index contributed by atoms with van der Waals surface area (Å²) < 4.78 is 34.3. The fourth-order valence-electron chi connectivity index (χ4n) is 1.76. The average molecular weight is 306 g/mol. The summed E-state index contributed by atoms with van der Waals surface area (Å²) in [5.74, 6) is -0.397. The SMILES string of the molecule is COC(=O)c1ccc(C)c(S(=O)(=O)Oc2ccccc2)c1. The lowest BCUT2D eigenvalue weighted by molar-refractivity contribution is 0.0600. The third kappa shape index (κ3) is 3.41. The lowest BCUT2D eigenvalue weighted by Gasteiger charge is -2.10. The minimum Gasteiger partial charge on any atom is -0.465 e. The maximum Gasteiger partial charge on any atom is 0.339 e. The second-order valence-corrected chi connectivity index (χ2v) is 5.84. The zero-order chi connectivity index (χ0) is 15.5. The molecule has 0 fully saturated rings. The smallest absolute Gasteiger partial charge is 0.339 e. The van der Waals surface area contributed by atoms with Gasteiger partial charge in [0.05, 0.1) is 12.7 Å². The highest BCUT2D eigenvalue weighted by Gasteiger charge is 2.21. The van der Waals surface area contributed by atoms with Crippen molar-refractivity contribution in [3.05, 3.63) is 59.7 Å². The molecule has 2 aromatic carbocycles. The van der Waals surface area contributed by atoms with Crippen LogP contribution in [0.4, 0.5) is 0 Å². The number of aryl methyl sites for hydroxylation is 1. The maximum atomic E-state index is 12.3. The van der Waals surface area contributed by atoms with E-state index in [4.69, 9.17) is 4.18 Å². The van der Waals surface area contributed by atoms with Gasteiger partial charge in [0.15, 0.2) is 0 Å². The number of para-hydroxylation sites is 1. The maximum absolute atomic E-state index is 12.3. The van der Waals surface area contributed by atoms with E-state index in [1.54, 1.807) is 25.1 Å². The molecule has 0 saturated carbocycles. The average Bonchev–Trinajstić information content (AvgIpc) is 2.47. The van der Waals surface area contributed by atoms with Crippen molar-refractivity contribution in [3.8, 4) is 5.75 Å². The summed E-state index contributed by atoms with van der Waals surface area (Å²) in [5.41, 5.74) is 0.636. The van der Waals surface area contributed by atoms with E-state index in [9.17, 15) is 13.2 Å². The summed E-state index contributed by atoms with van der Waals surface area (Å²) >= 11 is 0. The van der Waals surface area contributed by atoms with Crippen LogP contribution in [-0.4, -0.2) is 21.5 Å². The number of carbonyl (C=O) groups is 1. The Morgan fingerprint density at radius 2 is 1.71 bits per heavy atom. The number of benzene rings is 2. The first-order valence-corrected chi connectivity index (χ1v) is 7.53. The highest BCUT2D eigenvalue weighted by molar-refractivity contribution is 7.87. The highest BCUT2D eigenvalue weighted by atomic mass is 32.2. The van der Waals surface area contributed by atoms with Gasteiger partial charge in [-0.2, -0.15) is 8.42 Å². The van der Waals surface area contributed by atoms with Crippen LogP contribution in [0.15, 0.2) is 53.4 Å². The Balaban J connectivity index is 2.42. The molecule has 0 bridgehead atoms. The normalized spacial score (nSPS) is 11.0. The molecule has 2 rings (SSSR count). The molecular weight excluding hydrogens is 292 g/mol. The molecule has 0 aromatic heterocycles. The van der Waals surface area contributed by atoms with Crippen molar-refractivity contribution in [1.29, 1.82) is 0 Å². The number of esters is 1. The Morgan fingerprint density at radius 3 is 2.33 bits per heavy atom. The van der Waals surface area contributed by atoms with Crippen LogP contribution in [0.3, 0.4) is 0 Å². The van der Waals surface area contributed by atoms with Gasteiger partial charge in [0.1, 0.15) is 10.6 Å². The van der Waals surface area contributed by atoms with Gasteiger partial charge >= 0.3 is 16.1 Å². The Kier molecular flexibility index (Phi) is 4.28. The predicted molar refractivity (Wildman–Crippen MR) is 76.8 cm³/mol. The summed E-state index contributed by atoms with van der Waals surface area (Å²) in [5, 5.41) is 0. The van der Waals surface area contributed by atoms with Gasteiger partial charge in [0, 0.05) is 0 Å². The molecule has 2 aromatic rings. The fourth-order valence-corrected chi connectivity index (χ4v) is 2.95. The van der Waals surface area contributed by atoms with Crippen molar-refractivity contribution >= 4 is 16.1 Å². The largest absolute Gasteiger partial charge is 0.465 e. The first-order chi connectivity index (χ1) is 9.94. The molecule has 0 heterocycles. The molecule has 110 valence electrons. The van der Waals surface area contributed by atoms with Gasteiger partial charge in [-0.25, -0.2) is 4.79 Å². The Morgan fingerprint density at radius 1 is 1.05 bits per heavy atom. The molecule has 21 heavy (non-hydrogen) atoms. The van der Waals surface area contributed by atoms with Gasteiger partial charge in [-0.3, -0.25) is 0 Å². The van der Waals surface area contributed by atoms with E-state index in [0.29, 0.717) is 5.56 Å². The molecule has 0 aliphatic carbocycles. The molecule has 0 aliphatic heterocycles. The van der Waals surface area contributed by atoms with E-state index in [-0.39, 0.29) is 16.2 Å². The zero-order valence-electron chi connectivity index (χ0n) is 11.6. The summed E-state index contributed by atoms with van der Waals surface area (Å²) in [7, 11) is -2.78. The molecule has 0 aliphatic rings. The van der Waals surface area contributed by atoms with Crippen LogP contribution >= 0.6 is 0 Å². The zero-order valence-corrected chi connectivity index (χ0v) is 12.4. The lowest BCUT2D eigenvalue weighted by atomic mass is 10.1. The molecule has 0 amide bonds. The summed E-state index contributed by atoms with van der Waals surface area (Å²) in [6, 6.07) is 12.5. The van der Waals surface area contributed by atoms with Gasteiger partial charge in [0.2, 0.25) is 0 Å². The molecule has 0 saturated heterocycles. The van der Waals surface area contributed by atoms with Crippen LogP contribution < -0.4 is 4.18 Å². The summed E-state index contributed by atoms with van der Waals surface area (Å²) in [4.78, 5) is 11.4. The second kappa shape index (κ2) is 5.97. The fraction of sp³-hybridized carbons (Fsp3) is 0.133. The molecule has 0 unspecified atom stereocenters. The summed E-state index contributed by atoms with van der Waals surface area (Å²) in [6.45, 7) is 1.63. The first-order valence-electron chi connectivity index (χ1n) is 6.12. The number of methoxy groups -OCH3 is 1. The lowest BCUT2D eigenvalue weighted by Crippen LogP contribution is -2.13. The topological polar surface area (TPSA) is 69.7 Å². The van der Waals surface area contributed by atoms with Crippen molar-refractivity contribution in [2.24, 2.45) is 0 Å². The van der Waals surface area contributed by atoms with Gasteiger partial charge < -0.3 is 8.92 Å². The molecule has 6 heteroatoms. The van der Waals surface area contributed by atoms with E-state index >= 15 is 0 Å². The second-order valence-electron chi connectivity index (χ2n) is 4.32. The predicted octanol–water partition coefficient (Wildman–Crippen LogP) is 2.55. The molecular formula is C15H14O5S. The van der Waals surface area contributed by atoms with Crippen LogP contribution in [0.5, 0.6) is 5.75 Å². The molecule has 0 radical (unpaired) electrons. The van der Waals surface area contributed by atoms with Gasteiger partial charge in [0.25, 0.3) is 0 Å². The van der Waals surface area contributed by atoms with Gasteiger partial charge in [-0.15, -0.1) is 0 Å². The van der Waals surface area contributed by atoms with Crippen LogP contribution in [-0.2, 0) is 14.9 Å². The number of hydrogen-bond donors (Lipinski definition) is 0. The van der Waals surface area contributed by atoms with Crippen LogP contribution in [0, 0.1) is 6.92 Å². The first kappa shape index (κ1) is 15.1. The number of ether oxygens (including phenoxy) is 1.